The van der Waals surface area contributed by atoms with E-state index in [1.807, 2.05) is 6.07 Å². The Hall–Kier alpha value is -2.10. The van der Waals surface area contributed by atoms with Crippen molar-refractivity contribution in [2.75, 3.05) is 0 Å². The zero-order chi connectivity index (χ0) is 17.4. The molecule has 0 unspecified atom stereocenters. The molecule has 0 radical (unpaired) electrons. The van der Waals surface area contributed by atoms with Crippen LogP contribution in [0.2, 0.25) is 10.4 Å². The first kappa shape index (κ1) is 16.4. The summed E-state index contributed by atoms with van der Waals surface area (Å²) < 4.78 is 2.18. The van der Waals surface area contributed by atoms with Gasteiger partial charge in [0.1, 0.15) is 5.52 Å². The minimum atomic E-state index is 0.169. The van der Waals surface area contributed by atoms with Gasteiger partial charge in [0.2, 0.25) is 5.28 Å². The molecule has 5 heteroatoms. The van der Waals surface area contributed by atoms with E-state index in [0.29, 0.717) is 5.15 Å². The highest BCUT2D eigenvalue weighted by Crippen LogP contribution is 2.33. The fraction of sp³-hybridized carbons (Fsp3) is 0.200. The standard InChI is InChI=1S/C20H17Cl2N3/c1-13-6-5-9-15(10-13)17-11-16-18(19(21)24-20(22)23-16)25(17)12-14-7-3-2-4-8-14/h3,5-11H,2,4,12H2,1H3. The van der Waals surface area contributed by atoms with Crippen LogP contribution in [0.3, 0.4) is 0 Å². The van der Waals surface area contributed by atoms with Gasteiger partial charge in [0.25, 0.3) is 0 Å². The van der Waals surface area contributed by atoms with E-state index in [2.05, 4.69) is 64.0 Å². The van der Waals surface area contributed by atoms with E-state index in [-0.39, 0.29) is 5.28 Å². The van der Waals surface area contributed by atoms with Gasteiger partial charge in [0, 0.05) is 6.54 Å². The summed E-state index contributed by atoms with van der Waals surface area (Å²) in [6.45, 7) is 2.82. The first-order chi connectivity index (χ1) is 12.1. The summed E-state index contributed by atoms with van der Waals surface area (Å²) in [7, 11) is 0. The molecule has 1 aliphatic carbocycles. The molecule has 4 rings (SSSR count). The molecule has 1 aliphatic rings. The number of allylic oxidation sites excluding steroid dienone is 4. The van der Waals surface area contributed by atoms with E-state index in [1.165, 1.54) is 11.1 Å². The van der Waals surface area contributed by atoms with Crippen LogP contribution in [-0.2, 0) is 6.54 Å². The molecule has 0 saturated heterocycles. The molecule has 3 nitrogen and oxygen atoms in total. The largest absolute Gasteiger partial charge is 0.332 e. The predicted octanol–water partition coefficient (Wildman–Crippen LogP) is 5.99. The van der Waals surface area contributed by atoms with Gasteiger partial charge in [0.05, 0.1) is 11.2 Å². The maximum Gasteiger partial charge on any atom is 0.224 e. The molecule has 0 bridgehead atoms. The van der Waals surface area contributed by atoms with Crippen LogP contribution < -0.4 is 0 Å². The number of benzene rings is 1. The van der Waals surface area contributed by atoms with Gasteiger partial charge < -0.3 is 4.57 Å². The van der Waals surface area contributed by atoms with Crippen molar-refractivity contribution in [2.45, 2.75) is 26.3 Å². The van der Waals surface area contributed by atoms with E-state index in [1.54, 1.807) is 0 Å². The van der Waals surface area contributed by atoms with E-state index < -0.39 is 0 Å². The van der Waals surface area contributed by atoms with E-state index in [0.717, 1.165) is 41.7 Å². The molecule has 25 heavy (non-hydrogen) atoms. The average Bonchev–Trinajstić information content (AvgIpc) is 2.94. The second-order valence-corrected chi connectivity index (χ2v) is 6.96. The number of hydrogen-bond acceptors (Lipinski definition) is 2. The van der Waals surface area contributed by atoms with Crippen LogP contribution in [0, 0.1) is 6.92 Å². The third-order valence-corrected chi connectivity index (χ3v) is 4.83. The number of rotatable bonds is 3. The lowest BCUT2D eigenvalue weighted by molar-refractivity contribution is 0.824. The third kappa shape index (κ3) is 3.22. The Morgan fingerprint density at radius 1 is 1.12 bits per heavy atom. The van der Waals surface area contributed by atoms with E-state index in [9.17, 15) is 0 Å². The number of aryl methyl sites for hydroxylation is 1. The monoisotopic (exact) mass is 369 g/mol. The molecule has 0 N–H and O–H groups in total. The topological polar surface area (TPSA) is 30.7 Å². The van der Waals surface area contributed by atoms with Gasteiger partial charge >= 0.3 is 0 Å². The second-order valence-electron chi connectivity index (χ2n) is 6.26. The fourth-order valence-corrected chi connectivity index (χ4v) is 3.77. The second kappa shape index (κ2) is 6.66. The zero-order valence-corrected chi connectivity index (χ0v) is 15.3. The highest BCUT2D eigenvalue weighted by molar-refractivity contribution is 6.35. The molecule has 0 fully saturated rings. The minimum Gasteiger partial charge on any atom is -0.332 e. The van der Waals surface area contributed by atoms with Crippen molar-refractivity contribution in [3.05, 3.63) is 70.1 Å². The van der Waals surface area contributed by atoms with Gasteiger partial charge in [-0.1, -0.05) is 53.6 Å². The predicted molar refractivity (Wildman–Crippen MR) is 104 cm³/mol. The molecule has 0 amide bonds. The Balaban J connectivity index is 1.94. The molecule has 0 atom stereocenters. The van der Waals surface area contributed by atoms with Crippen LogP contribution in [0.1, 0.15) is 18.4 Å². The molecule has 0 spiro atoms. The van der Waals surface area contributed by atoms with Crippen molar-refractivity contribution in [1.29, 1.82) is 0 Å². The van der Waals surface area contributed by atoms with Gasteiger partial charge in [-0.05, 0) is 54.6 Å². The van der Waals surface area contributed by atoms with Gasteiger partial charge in [-0.25, -0.2) is 9.97 Å². The summed E-state index contributed by atoms with van der Waals surface area (Å²) in [5, 5.41) is 0.552. The summed E-state index contributed by atoms with van der Waals surface area (Å²) in [5.74, 6) is 0. The molecule has 0 aliphatic heterocycles. The number of halogens is 2. The minimum absolute atomic E-state index is 0.169. The molecule has 2 heterocycles. The average molecular weight is 370 g/mol. The summed E-state index contributed by atoms with van der Waals surface area (Å²) in [5.41, 5.74) is 6.26. The SMILES string of the molecule is Cc1cccc(-c2cc3nc(Cl)nc(Cl)c3n2CC2=CCCC=C2)c1. The quantitative estimate of drug-likeness (QED) is 0.419. The third-order valence-electron chi connectivity index (χ3n) is 4.40. The number of nitrogens with zero attached hydrogens (tertiary/aromatic N) is 3. The number of hydrogen-bond donors (Lipinski definition) is 0. The highest BCUT2D eigenvalue weighted by atomic mass is 35.5. The van der Waals surface area contributed by atoms with Crippen LogP contribution in [0.25, 0.3) is 22.3 Å². The Labute approximate surface area is 156 Å². The molecule has 2 aromatic heterocycles. The number of fused-ring (bicyclic) bond motifs is 1. The van der Waals surface area contributed by atoms with Gasteiger partial charge in [0.15, 0.2) is 5.15 Å². The van der Waals surface area contributed by atoms with Gasteiger partial charge in [-0.3, -0.25) is 0 Å². The molecular weight excluding hydrogens is 353 g/mol. The Bertz CT molecular complexity index is 1020. The summed E-state index contributed by atoms with van der Waals surface area (Å²) >= 11 is 12.4. The lowest BCUT2D eigenvalue weighted by Gasteiger charge is -2.14. The van der Waals surface area contributed by atoms with Crippen molar-refractivity contribution >= 4 is 34.2 Å². The number of aromatic nitrogens is 3. The van der Waals surface area contributed by atoms with Crippen molar-refractivity contribution in [1.82, 2.24) is 14.5 Å². The highest BCUT2D eigenvalue weighted by Gasteiger charge is 2.17. The van der Waals surface area contributed by atoms with E-state index in [4.69, 9.17) is 23.2 Å². The van der Waals surface area contributed by atoms with Crippen LogP contribution in [0.5, 0.6) is 0 Å². The van der Waals surface area contributed by atoms with Crippen LogP contribution in [-0.4, -0.2) is 14.5 Å². The van der Waals surface area contributed by atoms with Gasteiger partial charge in [-0.2, -0.15) is 0 Å². The Kier molecular flexibility index (Phi) is 4.36. The fourth-order valence-electron chi connectivity index (χ4n) is 3.27. The lowest BCUT2D eigenvalue weighted by Crippen LogP contribution is -2.04. The first-order valence-electron chi connectivity index (χ1n) is 8.27. The Morgan fingerprint density at radius 3 is 2.76 bits per heavy atom. The van der Waals surface area contributed by atoms with Crippen molar-refractivity contribution in [3.63, 3.8) is 0 Å². The summed E-state index contributed by atoms with van der Waals surface area (Å²) in [6.07, 6.45) is 8.83. The molecular formula is C20H17Cl2N3. The van der Waals surface area contributed by atoms with Crippen molar-refractivity contribution in [3.8, 4) is 11.3 Å². The molecule has 0 saturated carbocycles. The smallest absolute Gasteiger partial charge is 0.224 e. The maximum absolute atomic E-state index is 6.42. The van der Waals surface area contributed by atoms with Crippen molar-refractivity contribution < 1.29 is 0 Å². The summed E-state index contributed by atoms with van der Waals surface area (Å²) in [6, 6.07) is 10.5. The maximum atomic E-state index is 6.42. The van der Waals surface area contributed by atoms with E-state index >= 15 is 0 Å². The van der Waals surface area contributed by atoms with Crippen LogP contribution >= 0.6 is 23.2 Å². The summed E-state index contributed by atoms with van der Waals surface area (Å²) in [4.78, 5) is 8.51. The molecule has 1 aromatic carbocycles. The zero-order valence-electron chi connectivity index (χ0n) is 13.8. The Morgan fingerprint density at radius 2 is 2.00 bits per heavy atom. The van der Waals surface area contributed by atoms with Crippen LogP contribution in [0.4, 0.5) is 0 Å². The lowest BCUT2D eigenvalue weighted by atomic mass is 10.1. The normalized spacial score (nSPS) is 14.1. The molecule has 3 aromatic rings. The van der Waals surface area contributed by atoms with Crippen LogP contribution in [0.15, 0.2) is 54.1 Å². The van der Waals surface area contributed by atoms with Crippen molar-refractivity contribution in [2.24, 2.45) is 0 Å². The molecule has 126 valence electrons. The first-order valence-corrected chi connectivity index (χ1v) is 9.02. The van der Waals surface area contributed by atoms with Gasteiger partial charge in [-0.15, -0.1) is 0 Å².